The van der Waals surface area contributed by atoms with E-state index >= 15 is 0 Å². The summed E-state index contributed by atoms with van der Waals surface area (Å²) in [6.07, 6.45) is -4.71. The second-order valence-corrected chi connectivity index (χ2v) is 3.79. The van der Waals surface area contributed by atoms with Crippen molar-refractivity contribution in [1.29, 1.82) is 0 Å². The van der Waals surface area contributed by atoms with Crippen LogP contribution in [0.15, 0.2) is 30.3 Å². The number of rotatable bonds is 5. The van der Waals surface area contributed by atoms with Crippen LogP contribution in [-0.4, -0.2) is 31.2 Å². The van der Waals surface area contributed by atoms with E-state index in [0.29, 0.717) is 5.56 Å². The summed E-state index contributed by atoms with van der Waals surface area (Å²) in [5.41, 5.74) is 4.57. The number of nitrogens with one attached hydrogen (secondary N) is 2. The van der Waals surface area contributed by atoms with Crippen LogP contribution in [0.1, 0.15) is 16.8 Å². The van der Waals surface area contributed by atoms with Gasteiger partial charge in [-0.1, -0.05) is 18.2 Å². The molecular weight excluding hydrogens is 277 g/mol. The molecule has 0 atom stereocenters. The number of hydrogen-bond donors (Lipinski definition) is 2. The first-order valence-electron chi connectivity index (χ1n) is 5.67. The highest BCUT2D eigenvalue weighted by atomic mass is 19.4. The van der Waals surface area contributed by atoms with Gasteiger partial charge in [0.25, 0.3) is 5.91 Å². The fourth-order valence-electron chi connectivity index (χ4n) is 1.20. The third-order valence-electron chi connectivity index (χ3n) is 2.09. The molecule has 0 spiro atoms. The van der Waals surface area contributed by atoms with Gasteiger partial charge in [-0.3, -0.25) is 20.4 Å². The third kappa shape index (κ3) is 6.74. The van der Waals surface area contributed by atoms with Gasteiger partial charge < -0.3 is 4.74 Å². The Morgan fingerprint density at radius 1 is 1.10 bits per heavy atom. The molecule has 0 radical (unpaired) electrons. The highest BCUT2D eigenvalue weighted by Crippen LogP contribution is 2.14. The lowest BCUT2D eigenvalue weighted by molar-refractivity contribution is -0.174. The molecule has 2 amide bonds. The lowest BCUT2D eigenvalue weighted by atomic mass is 10.2. The molecule has 8 heteroatoms. The summed E-state index contributed by atoms with van der Waals surface area (Å²) >= 11 is 0. The summed E-state index contributed by atoms with van der Waals surface area (Å²) in [5, 5.41) is 0. The molecule has 2 N–H and O–H groups in total. The van der Waals surface area contributed by atoms with Crippen molar-refractivity contribution >= 4 is 11.8 Å². The molecule has 0 heterocycles. The van der Waals surface area contributed by atoms with Crippen molar-refractivity contribution in [3.05, 3.63) is 35.9 Å². The van der Waals surface area contributed by atoms with Crippen LogP contribution in [0.5, 0.6) is 0 Å². The van der Waals surface area contributed by atoms with Gasteiger partial charge in [0, 0.05) is 5.56 Å². The minimum absolute atomic E-state index is 0.287. The zero-order valence-corrected chi connectivity index (χ0v) is 10.4. The fraction of sp³-hybridized carbons (Fsp3) is 0.333. The molecule has 20 heavy (non-hydrogen) atoms. The largest absolute Gasteiger partial charge is 0.411 e. The smallest absolute Gasteiger partial charge is 0.372 e. The van der Waals surface area contributed by atoms with E-state index in [4.69, 9.17) is 0 Å². The predicted molar refractivity (Wildman–Crippen MR) is 63.5 cm³/mol. The molecule has 0 unspecified atom stereocenters. The zero-order valence-electron chi connectivity index (χ0n) is 10.4. The maximum atomic E-state index is 11.7. The monoisotopic (exact) mass is 290 g/mol. The van der Waals surface area contributed by atoms with Crippen molar-refractivity contribution in [3.8, 4) is 0 Å². The maximum Gasteiger partial charge on any atom is 0.411 e. The first kappa shape index (κ1) is 16.0. The standard InChI is InChI=1S/C12H13F3N2O3/c13-12(14,15)8-20-7-6-10(18)16-17-11(19)9-4-2-1-3-5-9/h1-5H,6-8H2,(H,16,18)(H,17,19). The van der Waals surface area contributed by atoms with Crippen LogP contribution in [0.2, 0.25) is 0 Å². The Hall–Kier alpha value is -2.09. The van der Waals surface area contributed by atoms with Crippen LogP contribution < -0.4 is 10.9 Å². The van der Waals surface area contributed by atoms with E-state index < -0.39 is 24.6 Å². The number of alkyl halides is 3. The zero-order chi connectivity index (χ0) is 15.0. The minimum Gasteiger partial charge on any atom is -0.372 e. The maximum absolute atomic E-state index is 11.7. The molecule has 110 valence electrons. The van der Waals surface area contributed by atoms with Crippen LogP contribution in [0, 0.1) is 0 Å². The number of hydrogen-bond acceptors (Lipinski definition) is 3. The summed E-state index contributed by atoms with van der Waals surface area (Å²) in [5.74, 6) is -1.16. The number of ether oxygens (including phenoxy) is 1. The van der Waals surface area contributed by atoms with Gasteiger partial charge in [0.2, 0.25) is 5.91 Å². The lowest BCUT2D eigenvalue weighted by Gasteiger charge is -2.09. The Morgan fingerprint density at radius 2 is 1.75 bits per heavy atom. The lowest BCUT2D eigenvalue weighted by Crippen LogP contribution is -2.42. The highest BCUT2D eigenvalue weighted by Gasteiger charge is 2.27. The molecule has 0 aliphatic carbocycles. The van der Waals surface area contributed by atoms with E-state index in [1.165, 1.54) is 0 Å². The summed E-state index contributed by atoms with van der Waals surface area (Å²) in [6.45, 7) is -1.79. The first-order chi connectivity index (χ1) is 9.38. The van der Waals surface area contributed by atoms with Crippen molar-refractivity contribution in [2.45, 2.75) is 12.6 Å². The van der Waals surface area contributed by atoms with Gasteiger partial charge in [0.15, 0.2) is 0 Å². The van der Waals surface area contributed by atoms with Crippen molar-refractivity contribution in [2.24, 2.45) is 0 Å². The molecule has 0 saturated carbocycles. The van der Waals surface area contributed by atoms with E-state index in [1.807, 2.05) is 0 Å². The molecule has 0 aliphatic heterocycles. The second kappa shape index (κ2) is 7.49. The molecular formula is C12H13F3N2O3. The summed E-state index contributed by atoms with van der Waals surface area (Å²) in [4.78, 5) is 22.7. The molecule has 1 aromatic carbocycles. The average Bonchev–Trinajstić information content (AvgIpc) is 2.41. The summed E-state index contributed by atoms with van der Waals surface area (Å²) in [6, 6.07) is 8.14. The van der Waals surface area contributed by atoms with Crippen molar-refractivity contribution in [3.63, 3.8) is 0 Å². The molecule has 0 aromatic heterocycles. The topological polar surface area (TPSA) is 67.4 Å². The van der Waals surface area contributed by atoms with Crippen LogP contribution in [0.4, 0.5) is 13.2 Å². The van der Waals surface area contributed by atoms with Gasteiger partial charge in [-0.2, -0.15) is 13.2 Å². The molecule has 0 bridgehead atoms. The average molecular weight is 290 g/mol. The fourth-order valence-corrected chi connectivity index (χ4v) is 1.20. The number of halogens is 3. The van der Waals surface area contributed by atoms with E-state index in [1.54, 1.807) is 30.3 Å². The van der Waals surface area contributed by atoms with Crippen LogP contribution in [0.3, 0.4) is 0 Å². The number of benzene rings is 1. The van der Waals surface area contributed by atoms with Gasteiger partial charge in [0.05, 0.1) is 13.0 Å². The molecule has 0 aliphatic rings. The van der Waals surface area contributed by atoms with Crippen molar-refractivity contribution in [1.82, 2.24) is 10.9 Å². The van der Waals surface area contributed by atoms with Gasteiger partial charge in [-0.25, -0.2) is 0 Å². The Labute approximate surface area is 113 Å². The number of amides is 2. The molecule has 0 saturated heterocycles. The normalized spacial score (nSPS) is 10.9. The van der Waals surface area contributed by atoms with Crippen molar-refractivity contribution in [2.75, 3.05) is 13.2 Å². The SMILES string of the molecule is O=C(CCOCC(F)(F)F)NNC(=O)c1ccccc1. The minimum atomic E-state index is -4.42. The summed E-state index contributed by atoms with van der Waals surface area (Å²) < 4.78 is 39.5. The highest BCUT2D eigenvalue weighted by molar-refractivity contribution is 5.95. The predicted octanol–water partition coefficient (Wildman–Crippen LogP) is 1.42. The third-order valence-corrected chi connectivity index (χ3v) is 2.09. The van der Waals surface area contributed by atoms with E-state index in [0.717, 1.165) is 0 Å². The molecule has 1 rings (SSSR count). The Balaban J connectivity index is 2.19. The first-order valence-corrected chi connectivity index (χ1v) is 5.67. The summed E-state index contributed by atoms with van der Waals surface area (Å²) in [7, 11) is 0. The van der Waals surface area contributed by atoms with E-state index in [9.17, 15) is 22.8 Å². The Morgan fingerprint density at radius 3 is 2.35 bits per heavy atom. The van der Waals surface area contributed by atoms with Crippen LogP contribution >= 0.6 is 0 Å². The quantitative estimate of drug-likeness (QED) is 0.636. The number of carbonyl (C=O) groups excluding carboxylic acids is 2. The molecule has 1 aromatic rings. The van der Waals surface area contributed by atoms with Gasteiger partial charge >= 0.3 is 6.18 Å². The van der Waals surface area contributed by atoms with Gasteiger partial charge in [0.1, 0.15) is 6.61 Å². The Kier molecular flexibility index (Phi) is 5.98. The van der Waals surface area contributed by atoms with Gasteiger partial charge in [-0.05, 0) is 12.1 Å². The van der Waals surface area contributed by atoms with Crippen LogP contribution in [-0.2, 0) is 9.53 Å². The number of hydrazine groups is 1. The number of carbonyl (C=O) groups is 2. The van der Waals surface area contributed by atoms with Crippen molar-refractivity contribution < 1.29 is 27.5 Å². The Bertz CT molecular complexity index is 449. The second-order valence-electron chi connectivity index (χ2n) is 3.79. The van der Waals surface area contributed by atoms with E-state index in [2.05, 4.69) is 15.6 Å². The van der Waals surface area contributed by atoms with E-state index in [-0.39, 0.29) is 13.0 Å². The molecule has 5 nitrogen and oxygen atoms in total. The molecule has 0 fully saturated rings. The van der Waals surface area contributed by atoms with Crippen LogP contribution in [0.25, 0.3) is 0 Å². The van der Waals surface area contributed by atoms with Gasteiger partial charge in [-0.15, -0.1) is 0 Å².